The van der Waals surface area contributed by atoms with Crippen molar-refractivity contribution in [1.82, 2.24) is 4.90 Å². The van der Waals surface area contributed by atoms with Crippen LogP contribution in [0.4, 0.5) is 11.4 Å². The van der Waals surface area contributed by atoms with Crippen LogP contribution in [-0.2, 0) is 20.9 Å². The molecule has 35 heavy (non-hydrogen) atoms. The Labute approximate surface area is 205 Å². The van der Waals surface area contributed by atoms with Crippen LogP contribution in [0.1, 0.15) is 37.9 Å². The van der Waals surface area contributed by atoms with Gasteiger partial charge in [0.15, 0.2) is 6.10 Å². The Kier molecular flexibility index (Phi) is 7.15. The highest BCUT2D eigenvalue weighted by atomic mass is 16.5. The fraction of sp³-hybridized carbons (Fsp3) is 0.250. The number of benzene rings is 3. The molecule has 3 aromatic carbocycles. The normalized spacial score (nSPS) is 15.4. The molecule has 4 rings (SSSR count). The number of ether oxygens (including phenoxy) is 1. The highest BCUT2D eigenvalue weighted by molar-refractivity contribution is 5.96. The van der Waals surface area contributed by atoms with E-state index in [0.717, 1.165) is 11.1 Å². The smallest absolute Gasteiger partial charge is 0.266 e. The molecule has 0 aliphatic carbocycles. The lowest BCUT2D eigenvalue weighted by atomic mass is 10.0. The van der Waals surface area contributed by atoms with Gasteiger partial charge in [0.25, 0.3) is 5.91 Å². The van der Waals surface area contributed by atoms with Crippen molar-refractivity contribution in [2.24, 2.45) is 0 Å². The standard InChI is InChI=1S/C28H29N3O4/c1-19(23-12-9-13-24(16-23)29-20(2)32)30(17-22-10-5-4-6-11-22)28(34)27-18-31(21(3)33)25-14-7-8-15-26(25)35-27/h4-16,19,27H,17-18H2,1-3H3,(H,29,32)/t19-,27+/m0/s1. The van der Waals surface area contributed by atoms with Crippen LogP contribution in [0.25, 0.3) is 0 Å². The molecule has 3 amide bonds. The maximum absolute atomic E-state index is 14.0. The van der Waals surface area contributed by atoms with Gasteiger partial charge in [0.05, 0.1) is 18.3 Å². The fourth-order valence-electron chi connectivity index (χ4n) is 4.29. The van der Waals surface area contributed by atoms with Gasteiger partial charge in [-0.2, -0.15) is 0 Å². The third kappa shape index (κ3) is 5.51. The Balaban J connectivity index is 1.67. The molecule has 2 atom stereocenters. The predicted octanol–water partition coefficient (Wildman–Crippen LogP) is 4.55. The van der Waals surface area contributed by atoms with Crippen LogP contribution in [0.5, 0.6) is 5.75 Å². The van der Waals surface area contributed by atoms with E-state index in [2.05, 4.69) is 5.32 Å². The summed E-state index contributed by atoms with van der Waals surface area (Å²) in [6.07, 6.45) is -0.849. The zero-order valence-electron chi connectivity index (χ0n) is 20.1. The Hall–Kier alpha value is -4.13. The molecule has 7 heteroatoms. The topological polar surface area (TPSA) is 79.0 Å². The summed E-state index contributed by atoms with van der Waals surface area (Å²) < 4.78 is 6.11. The van der Waals surface area contributed by atoms with E-state index in [1.165, 1.54) is 13.8 Å². The summed E-state index contributed by atoms with van der Waals surface area (Å²) in [5.74, 6) is -0.0193. The minimum absolute atomic E-state index is 0.134. The van der Waals surface area contributed by atoms with Crippen LogP contribution in [0.2, 0.25) is 0 Å². The van der Waals surface area contributed by atoms with Crippen molar-refractivity contribution in [1.29, 1.82) is 0 Å². The number of para-hydroxylation sites is 2. The van der Waals surface area contributed by atoms with Gasteiger partial charge >= 0.3 is 0 Å². The second kappa shape index (κ2) is 10.4. The van der Waals surface area contributed by atoms with Crippen LogP contribution < -0.4 is 15.0 Å². The number of fused-ring (bicyclic) bond motifs is 1. The zero-order valence-corrected chi connectivity index (χ0v) is 20.1. The number of rotatable bonds is 6. The van der Waals surface area contributed by atoms with Gasteiger partial charge in [-0.15, -0.1) is 0 Å². The Morgan fingerprint density at radius 2 is 1.71 bits per heavy atom. The second-order valence-electron chi connectivity index (χ2n) is 8.64. The van der Waals surface area contributed by atoms with Crippen LogP contribution in [0, 0.1) is 0 Å². The first-order valence-electron chi connectivity index (χ1n) is 11.6. The quantitative estimate of drug-likeness (QED) is 0.572. The predicted molar refractivity (Wildman–Crippen MR) is 135 cm³/mol. The largest absolute Gasteiger partial charge is 0.476 e. The fourth-order valence-corrected chi connectivity index (χ4v) is 4.29. The van der Waals surface area contributed by atoms with E-state index in [9.17, 15) is 14.4 Å². The molecule has 0 saturated carbocycles. The molecule has 1 aliphatic rings. The summed E-state index contributed by atoms with van der Waals surface area (Å²) in [4.78, 5) is 41.2. The lowest BCUT2D eigenvalue weighted by molar-refractivity contribution is -0.141. The minimum atomic E-state index is -0.849. The van der Waals surface area contributed by atoms with Gasteiger partial charge in [-0.1, -0.05) is 54.6 Å². The average molecular weight is 472 g/mol. The Bertz CT molecular complexity index is 1230. The number of nitrogens with zero attached hydrogens (tertiary/aromatic N) is 2. The molecule has 0 spiro atoms. The van der Waals surface area contributed by atoms with E-state index in [4.69, 9.17) is 4.74 Å². The number of carbonyl (C=O) groups is 3. The van der Waals surface area contributed by atoms with Crippen molar-refractivity contribution in [2.45, 2.75) is 39.5 Å². The maximum Gasteiger partial charge on any atom is 0.266 e. The molecular weight excluding hydrogens is 442 g/mol. The molecule has 0 unspecified atom stereocenters. The highest BCUT2D eigenvalue weighted by Crippen LogP contribution is 2.35. The van der Waals surface area contributed by atoms with E-state index in [0.29, 0.717) is 23.7 Å². The Morgan fingerprint density at radius 3 is 2.43 bits per heavy atom. The monoisotopic (exact) mass is 471 g/mol. The van der Waals surface area contributed by atoms with Crippen LogP contribution in [0.15, 0.2) is 78.9 Å². The van der Waals surface area contributed by atoms with Gasteiger partial charge in [-0.3, -0.25) is 14.4 Å². The van der Waals surface area contributed by atoms with Crippen LogP contribution in [-0.4, -0.2) is 35.3 Å². The number of hydrogen-bond acceptors (Lipinski definition) is 4. The van der Waals surface area contributed by atoms with Crippen molar-refractivity contribution in [2.75, 3.05) is 16.8 Å². The van der Waals surface area contributed by atoms with Crippen molar-refractivity contribution in [3.8, 4) is 5.75 Å². The Morgan fingerprint density at radius 1 is 1.00 bits per heavy atom. The van der Waals surface area contributed by atoms with Gasteiger partial charge < -0.3 is 19.9 Å². The van der Waals surface area contributed by atoms with Crippen LogP contribution >= 0.6 is 0 Å². The molecule has 180 valence electrons. The molecule has 0 fully saturated rings. The average Bonchev–Trinajstić information content (AvgIpc) is 2.86. The third-order valence-corrected chi connectivity index (χ3v) is 6.06. The van der Waals surface area contributed by atoms with E-state index in [1.54, 1.807) is 15.9 Å². The molecule has 0 radical (unpaired) electrons. The molecule has 3 aromatic rings. The summed E-state index contributed by atoms with van der Waals surface area (Å²) in [7, 11) is 0. The van der Waals surface area contributed by atoms with Gasteiger partial charge in [-0.25, -0.2) is 0 Å². The van der Waals surface area contributed by atoms with Gasteiger partial charge in [-0.05, 0) is 42.3 Å². The SMILES string of the molecule is CC(=O)Nc1cccc([C@H](C)N(Cc2ccccc2)C(=O)[C@H]2CN(C(C)=O)c3ccccc3O2)c1. The van der Waals surface area contributed by atoms with E-state index < -0.39 is 6.10 Å². The first kappa shape index (κ1) is 24.0. The van der Waals surface area contributed by atoms with Crippen molar-refractivity contribution < 1.29 is 19.1 Å². The number of nitrogens with one attached hydrogen (secondary N) is 1. The van der Waals surface area contributed by atoms with Crippen molar-refractivity contribution in [3.05, 3.63) is 90.0 Å². The molecule has 1 aliphatic heterocycles. The minimum Gasteiger partial charge on any atom is -0.476 e. The maximum atomic E-state index is 14.0. The number of amides is 3. The number of anilines is 2. The summed E-state index contributed by atoms with van der Waals surface area (Å²) in [6.45, 7) is 5.40. The third-order valence-electron chi connectivity index (χ3n) is 6.06. The second-order valence-corrected chi connectivity index (χ2v) is 8.64. The first-order chi connectivity index (χ1) is 16.8. The molecule has 0 aromatic heterocycles. The highest BCUT2D eigenvalue weighted by Gasteiger charge is 2.36. The molecule has 0 saturated heterocycles. The first-order valence-corrected chi connectivity index (χ1v) is 11.6. The summed E-state index contributed by atoms with van der Waals surface area (Å²) in [5, 5.41) is 2.80. The van der Waals surface area contributed by atoms with E-state index in [1.807, 2.05) is 79.7 Å². The summed E-state index contributed by atoms with van der Waals surface area (Å²) >= 11 is 0. The van der Waals surface area contributed by atoms with Crippen molar-refractivity contribution >= 4 is 29.1 Å². The molecule has 0 bridgehead atoms. The molecule has 1 N–H and O–H groups in total. The summed E-state index contributed by atoms with van der Waals surface area (Å²) in [5.41, 5.74) is 3.18. The van der Waals surface area contributed by atoms with Crippen LogP contribution in [0.3, 0.4) is 0 Å². The summed E-state index contributed by atoms with van der Waals surface area (Å²) in [6, 6.07) is 24.1. The van der Waals surface area contributed by atoms with Crippen molar-refractivity contribution in [3.63, 3.8) is 0 Å². The lowest BCUT2D eigenvalue weighted by Gasteiger charge is -2.38. The molecule has 1 heterocycles. The number of carbonyl (C=O) groups excluding carboxylic acids is 3. The molecule has 7 nitrogen and oxygen atoms in total. The number of hydrogen-bond donors (Lipinski definition) is 1. The zero-order chi connectivity index (χ0) is 24.9. The van der Waals surface area contributed by atoms with E-state index in [-0.39, 0.29) is 30.3 Å². The van der Waals surface area contributed by atoms with Gasteiger partial charge in [0.2, 0.25) is 11.8 Å². The van der Waals surface area contributed by atoms with Gasteiger partial charge in [0.1, 0.15) is 5.75 Å². The van der Waals surface area contributed by atoms with Gasteiger partial charge in [0, 0.05) is 26.1 Å². The molecular formula is C28H29N3O4. The van der Waals surface area contributed by atoms with E-state index >= 15 is 0 Å². The lowest BCUT2D eigenvalue weighted by Crippen LogP contribution is -2.51.